The fraction of sp³-hybridized carbons (Fsp3) is 0.704. The van der Waals surface area contributed by atoms with Crippen molar-refractivity contribution in [3.63, 3.8) is 0 Å². The lowest BCUT2D eigenvalue weighted by atomic mass is 10.1. The zero-order chi connectivity index (χ0) is 55.7. The van der Waals surface area contributed by atoms with Crippen molar-refractivity contribution < 1.29 is 28.6 Å². The molecule has 0 aromatic heterocycles. The molecule has 0 aliphatic heterocycles. The lowest BCUT2D eigenvalue weighted by molar-refractivity contribution is -0.167. The highest BCUT2D eigenvalue weighted by Crippen LogP contribution is 2.15. The molecule has 0 saturated carbocycles. The second-order valence-corrected chi connectivity index (χ2v) is 21.3. The molecule has 6 heteroatoms. The molecule has 440 valence electrons. The molecule has 6 nitrogen and oxygen atoms in total. The van der Waals surface area contributed by atoms with Gasteiger partial charge >= 0.3 is 17.9 Å². The van der Waals surface area contributed by atoms with Gasteiger partial charge in [-0.1, -0.05) is 265 Å². The Bertz CT molecular complexity index is 1560. The van der Waals surface area contributed by atoms with Crippen molar-refractivity contribution in [1.29, 1.82) is 0 Å². The summed E-state index contributed by atoms with van der Waals surface area (Å²) in [7, 11) is 0. The third-order valence-corrected chi connectivity index (χ3v) is 13.7. The van der Waals surface area contributed by atoms with Crippen molar-refractivity contribution in [3.8, 4) is 0 Å². The number of carbonyl (C=O) groups is 3. The summed E-state index contributed by atoms with van der Waals surface area (Å²) in [5.41, 5.74) is 0. The van der Waals surface area contributed by atoms with Gasteiger partial charge in [0, 0.05) is 19.3 Å². The number of hydrogen-bond donors (Lipinski definition) is 0. The van der Waals surface area contributed by atoms with E-state index in [1.807, 2.05) is 0 Å². The summed E-state index contributed by atoms with van der Waals surface area (Å²) < 4.78 is 16.9. The van der Waals surface area contributed by atoms with Gasteiger partial charge in [0.05, 0.1) is 0 Å². The molecule has 1 unspecified atom stereocenters. The van der Waals surface area contributed by atoms with Gasteiger partial charge in [0.2, 0.25) is 0 Å². The number of ether oxygens (including phenoxy) is 3. The predicted molar refractivity (Wildman–Crippen MR) is 334 cm³/mol. The van der Waals surface area contributed by atoms with Gasteiger partial charge in [0.25, 0.3) is 0 Å². The summed E-state index contributed by atoms with van der Waals surface area (Å²) in [6.45, 7) is 6.49. The second kappa shape index (κ2) is 64.6. The summed E-state index contributed by atoms with van der Waals surface area (Å²) in [5.74, 6) is -0.908. The normalized spacial score (nSPS) is 12.8. The van der Waals surface area contributed by atoms with Crippen LogP contribution >= 0.6 is 0 Å². The maximum Gasteiger partial charge on any atom is 0.306 e. The number of hydrogen-bond acceptors (Lipinski definition) is 6. The van der Waals surface area contributed by atoms with Gasteiger partial charge in [0.1, 0.15) is 13.2 Å². The van der Waals surface area contributed by atoms with Crippen LogP contribution < -0.4 is 0 Å². The van der Waals surface area contributed by atoms with Gasteiger partial charge in [-0.25, -0.2) is 0 Å². The molecular formula is C71H120O6. The molecule has 1 atom stereocenters. The topological polar surface area (TPSA) is 78.9 Å². The minimum Gasteiger partial charge on any atom is -0.462 e. The van der Waals surface area contributed by atoms with Crippen molar-refractivity contribution in [2.45, 2.75) is 309 Å². The fourth-order valence-corrected chi connectivity index (χ4v) is 8.88. The Kier molecular flexibility index (Phi) is 61.3. The van der Waals surface area contributed by atoms with E-state index in [2.05, 4.69) is 130 Å². The van der Waals surface area contributed by atoms with Gasteiger partial charge in [-0.2, -0.15) is 0 Å². The molecule has 0 N–H and O–H groups in total. The van der Waals surface area contributed by atoms with Crippen molar-refractivity contribution in [2.75, 3.05) is 13.2 Å². The first-order valence-electron chi connectivity index (χ1n) is 32.4. The summed E-state index contributed by atoms with van der Waals surface area (Å²) in [4.78, 5) is 38.4. The second-order valence-electron chi connectivity index (χ2n) is 21.3. The molecule has 0 bridgehead atoms. The summed E-state index contributed by atoms with van der Waals surface area (Å²) in [6, 6.07) is 0. The van der Waals surface area contributed by atoms with E-state index in [1.165, 1.54) is 135 Å². The first-order valence-corrected chi connectivity index (χ1v) is 32.4. The Balaban J connectivity index is 4.40. The van der Waals surface area contributed by atoms with Gasteiger partial charge in [0.15, 0.2) is 6.10 Å². The summed E-state index contributed by atoms with van der Waals surface area (Å²) in [5, 5.41) is 0. The van der Waals surface area contributed by atoms with Crippen LogP contribution in [0.3, 0.4) is 0 Å². The highest BCUT2D eigenvalue weighted by atomic mass is 16.6. The summed E-state index contributed by atoms with van der Waals surface area (Å²) in [6.07, 6.45) is 88.0. The largest absolute Gasteiger partial charge is 0.462 e. The lowest BCUT2D eigenvalue weighted by Crippen LogP contribution is -2.30. The van der Waals surface area contributed by atoms with Gasteiger partial charge in [-0.05, 0) is 128 Å². The summed E-state index contributed by atoms with van der Waals surface area (Å²) >= 11 is 0. The van der Waals surface area contributed by atoms with E-state index in [-0.39, 0.29) is 31.1 Å². The van der Waals surface area contributed by atoms with Crippen LogP contribution in [0.1, 0.15) is 303 Å². The molecule has 77 heavy (non-hydrogen) atoms. The molecule has 0 aliphatic rings. The maximum atomic E-state index is 12.9. The molecule has 0 spiro atoms. The van der Waals surface area contributed by atoms with Crippen LogP contribution in [0.2, 0.25) is 0 Å². The minimum absolute atomic E-state index is 0.0897. The quantitative estimate of drug-likeness (QED) is 0.0261. The lowest BCUT2D eigenvalue weighted by Gasteiger charge is -2.18. The Morgan fingerprint density at radius 1 is 0.273 bits per heavy atom. The highest BCUT2D eigenvalue weighted by Gasteiger charge is 2.19. The van der Waals surface area contributed by atoms with E-state index in [4.69, 9.17) is 14.2 Å². The molecule has 0 fully saturated rings. The smallest absolute Gasteiger partial charge is 0.306 e. The molecule has 0 aromatic rings. The highest BCUT2D eigenvalue weighted by molar-refractivity contribution is 5.71. The Morgan fingerprint density at radius 2 is 0.506 bits per heavy atom. The number of unbranched alkanes of at least 4 members (excludes halogenated alkanes) is 29. The van der Waals surface area contributed by atoms with E-state index < -0.39 is 6.10 Å². The van der Waals surface area contributed by atoms with Crippen molar-refractivity contribution in [2.24, 2.45) is 0 Å². The number of rotatable bonds is 58. The van der Waals surface area contributed by atoms with Crippen LogP contribution in [0.25, 0.3) is 0 Å². The molecule has 0 aliphatic carbocycles. The van der Waals surface area contributed by atoms with Crippen LogP contribution in [0, 0.1) is 0 Å². The van der Waals surface area contributed by atoms with Crippen molar-refractivity contribution in [3.05, 3.63) is 109 Å². The average molecular weight is 1070 g/mol. The zero-order valence-corrected chi connectivity index (χ0v) is 50.4. The van der Waals surface area contributed by atoms with Crippen LogP contribution in [0.4, 0.5) is 0 Å². The van der Waals surface area contributed by atoms with Gasteiger partial charge < -0.3 is 14.2 Å². The third kappa shape index (κ3) is 62.8. The minimum atomic E-state index is -0.794. The molecule has 0 radical (unpaired) electrons. The van der Waals surface area contributed by atoms with E-state index >= 15 is 0 Å². The van der Waals surface area contributed by atoms with E-state index in [9.17, 15) is 14.4 Å². The van der Waals surface area contributed by atoms with Crippen LogP contribution in [0.5, 0.6) is 0 Å². The molecule has 0 amide bonds. The van der Waals surface area contributed by atoms with Gasteiger partial charge in [-0.15, -0.1) is 0 Å². The molecule has 0 rings (SSSR count). The first-order chi connectivity index (χ1) is 38.0. The third-order valence-electron chi connectivity index (χ3n) is 13.7. The molecule has 0 saturated heterocycles. The van der Waals surface area contributed by atoms with E-state index in [0.717, 1.165) is 128 Å². The number of esters is 3. The Morgan fingerprint density at radius 3 is 0.831 bits per heavy atom. The Hall–Kier alpha value is -3.93. The van der Waals surface area contributed by atoms with Crippen molar-refractivity contribution >= 4 is 17.9 Å². The SMILES string of the molecule is CC/C=C\C/C=C\C/C=C\C/C=C\C/C=C\CCCCCCCCCCCC(=O)OCC(COC(=O)CCCCCCC/C=C\CCCCCCCC)OC(=O)CCCCCCCC/C=C\C/C=C\C/C=C\CCCCC. The number of allylic oxidation sites excluding steroid dienone is 18. The predicted octanol–water partition coefficient (Wildman–Crippen LogP) is 22.2. The van der Waals surface area contributed by atoms with Crippen LogP contribution in [-0.2, 0) is 28.6 Å². The first kappa shape index (κ1) is 73.1. The Labute approximate surface area is 476 Å². The van der Waals surface area contributed by atoms with E-state index in [1.54, 1.807) is 0 Å². The standard InChI is InChI=1S/C71H120O6/c1-4-7-10-13-16-19-22-25-28-30-32-33-34-35-36-37-39-40-43-46-49-52-55-58-61-64-70(73)76-67-68(66-75-69(72)63-60-57-54-51-48-45-42-27-24-21-18-15-12-9-6-3)77-71(74)65-62-59-56-53-50-47-44-41-38-31-29-26-23-20-17-14-11-8-5-2/h7,10,16-17,19-20,25-29,32-33,35-36,38,41-42,68H,4-6,8-9,11-15,18,21-24,30-31,34,37,39-40,43-67H2,1-3H3/b10-7-,19-16-,20-17-,28-25-,29-26-,33-32-,36-35-,41-38-,42-27-. The fourth-order valence-electron chi connectivity index (χ4n) is 8.88. The zero-order valence-electron chi connectivity index (χ0n) is 50.4. The van der Waals surface area contributed by atoms with Gasteiger partial charge in [-0.3, -0.25) is 14.4 Å². The van der Waals surface area contributed by atoms with Crippen LogP contribution in [-0.4, -0.2) is 37.2 Å². The maximum absolute atomic E-state index is 12.9. The van der Waals surface area contributed by atoms with E-state index in [0.29, 0.717) is 19.3 Å². The monoisotopic (exact) mass is 1070 g/mol. The molecule has 0 heterocycles. The average Bonchev–Trinajstić information content (AvgIpc) is 3.43. The number of carbonyl (C=O) groups excluding carboxylic acids is 3. The molecule has 0 aromatic carbocycles. The van der Waals surface area contributed by atoms with Crippen LogP contribution in [0.15, 0.2) is 109 Å². The molecular weight excluding hydrogens is 949 g/mol. The van der Waals surface area contributed by atoms with Crippen molar-refractivity contribution in [1.82, 2.24) is 0 Å².